The molecule has 1 aliphatic carbocycles. The predicted molar refractivity (Wildman–Crippen MR) is 83.0 cm³/mol. The standard InChI is InChI=1S/C14H20Br2N2O/c15-10-7-13(19-14(10)16)12(8-17)18-6-2-4-9-3-1-5-11(9)18/h7,9,11-12H,1-6,8,17H2. The number of furan rings is 1. The van der Waals surface area contributed by atoms with Crippen LogP contribution in [0.1, 0.15) is 43.9 Å². The van der Waals surface area contributed by atoms with Gasteiger partial charge in [-0.1, -0.05) is 6.42 Å². The maximum Gasteiger partial charge on any atom is 0.183 e. The molecule has 3 unspecified atom stereocenters. The van der Waals surface area contributed by atoms with E-state index in [4.69, 9.17) is 10.2 Å². The van der Waals surface area contributed by atoms with Crippen molar-refractivity contribution in [2.24, 2.45) is 11.7 Å². The van der Waals surface area contributed by atoms with E-state index >= 15 is 0 Å². The molecule has 2 fully saturated rings. The zero-order chi connectivity index (χ0) is 13.4. The van der Waals surface area contributed by atoms with Gasteiger partial charge in [0.2, 0.25) is 0 Å². The molecular weight excluding hydrogens is 372 g/mol. The largest absolute Gasteiger partial charge is 0.451 e. The fourth-order valence-corrected chi connectivity index (χ4v) is 4.43. The Morgan fingerprint density at radius 3 is 2.79 bits per heavy atom. The molecule has 1 saturated carbocycles. The van der Waals surface area contributed by atoms with Crippen molar-refractivity contribution in [3.05, 3.63) is 21.0 Å². The number of fused-ring (bicyclic) bond motifs is 1. The fraction of sp³-hybridized carbons (Fsp3) is 0.714. The molecule has 0 amide bonds. The van der Waals surface area contributed by atoms with Crippen molar-refractivity contribution in [1.82, 2.24) is 4.90 Å². The highest BCUT2D eigenvalue weighted by molar-refractivity contribution is 9.13. The van der Waals surface area contributed by atoms with Crippen LogP contribution in [0.3, 0.4) is 0 Å². The molecule has 106 valence electrons. The summed E-state index contributed by atoms with van der Waals surface area (Å²) in [7, 11) is 0. The zero-order valence-corrected chi connectivity index (χ0v) is 14.1. The van der Waals surface area contributed by atoms with Gasteiger partial charge in [0.1, 0.15) is 5.76 Å². The second-order valence-corrected chi connectivity index (χ2v) is 7.23. The number of nitrogens with two attached hydrogens (primary N) is 1. The van der Waals surface area contributed by atoms with Crippen molar-refractivity contribution in [3.63, 3.8) is 0 Å². The number of hydrogen-bond acceptors (Lipinski definition) is 3. The van der Waals surface area contributed by atoms with Crippen molar-refractivity contribution in [2.45, 2.75) is 44.2 Å². The molecular formula is C14H20Br2N2O. The maximum atomic E-state index is 6.05. The van der Waals surface area contributed by atoms with E-state index in [2.05, 4.69) is 42.8 Å². The average molecular weight is 392 g/mol. The summed E-state index contributed by atoms with van der Waals surface area (Å²) in [5.74, 6) is 1.86. The first-order valence-corrected chi connectivity index (χ1v) is 8.70. The van der Waals surface area contributed by atoms with Gasteiger partial charge < -0.3 is 10.2 Å². The second-order valence-electron chi connectivity index (χ2n) is 5.66. The Labute approximate surface area is 131 Å². The highest BCUT2D eigenvalue weighted by atomic mass is 79.9. The van der Waals surface area contributed by atoms with Crippen LogP contribution < -0.4 is 5.73 Å². The van der Waals surface area contributed by atoms with E-state index in [-0.39, 0.29) is 6.04 Å². The van der Waals surface area contributed by atoms with Gasteiger partial charge in [0.15, 0.2) is 4.67 Å². The molecule has 2 aliphatic rings. The minimum Gasteiger partial charge on any atom is -0.451 e. The molecule has 2 N–H and O–H groups in total. The summed E-state index contributed by atoms with van der Waals surface area (Å²) in [6, 6.07) is 2.98. The molecule has 1 saturated heterocycles. The third-order valence-corrected chi connectivity index (χ3v) is 6.36. The first-order chi connectivity index (χ1) is 9.20. The lowest BCUT2D eigenvalue weighted by molar-refractivity contribution is 0.0601. The number of likely N-dealkylation sites (tertiary alicyclic amines) is 1. The van der Waals surface area contributed by atoms with Crippen molar-refractivity contribution in [2.75, 3.05) is 13.1 Å². The van der Waals surface area contributed by atoms with Crippen LogP contribution >= 0.6 is 31.9 Å². The molecule has 3 atom stereocenters. The topological polar surface area (TPSA) is 42.4 Å². The molecule has 3 nitrogen and oxygen atoms in total. The minimum absolute atomic E-state index is 0.216. The van der Waals surface area contributed by atoms with E-state index in [0.29, 0.717) is 12.6 Å². The van der Waals surface area contributed by atoms with Crippen LogP contribution in [0.15, 0.2) is 19.6 Å². The third-order valence-electron chi connectivity index (χ3n) is 4.65. The molecule has 5 heteroatoms. The van der Waals surface area contributed by atoms with Crippen LogP contribution in [0.25, 0.3) is 0 Å². The average Bonchev–Trinajstić information content (AvgIpc) is 2.99. The van der Waals surface area contributed by atoms with Gasteiger partial charge >= 0.3 is 0 Å². The smallest absolute Gasteiger partial charge is 0.183 e. The molecule has 1 aromatic rings. The number of nitrogens with zero attached hydrogens (tertiary/aromatic N) is 1. The van der Waals surface area contributed by atoms with Crippen LogP contribution in [0.2, 0.25) is 0 Å². The third kappa shape index (κ3) is 2.67. The molecule has 1 aromatic heterocycles. The number of hydrogen-bond donors (Lipinski definition) is 1. The predicted octanol–water partition coefficient (Wildman–Crippen LogP) is 4.07. The second kappa shape index (κ2) is 5.88. The van der Waals surface area contributed by atoms with Gasteiger partial charge in [-0.2, -0.15) is 0 Å². The van der Waals surface area contributed by atoms with Crippen molar-refractivity contribution >= 4 is 31.9 Å². The first-order valence-electron chi connectivity index (χ1n) is 7.11. The van der Waals surface area contributed by atoms with Crippen LogP contribution in [0.5, 0.6) is 0 Å². The van der Waals surface area contributed by atoms with Gasteiger partial charge in [-0.15, -0.1) is 0 Å². The summed E-state index contributed by atoms with van der Waals surface area (Å²) >= 11 is 6.92. The van der Waals surface area contributed by atoms with Crippen molar-refractivity contribution in [1.29, 1.82) is 0 Å². The van der Waals surface area contributed by atoms with Gasteiger partial charge in [0, 0.05) is 12.6 Å². The van der Waals surface area contributed by atoms with E-state index in [1.807, 2.05) is 0 Å². The van der Waals surface area contributed by atoms with Crippen LogP contribution in [-0.2, 0) is 0 Å². The van der Waals surface area contributed by atoms with Crippen molar-refractivity contribution < 1.29 is 4.42 Å². The van der Waals surface area contributed by atoms with Crippen molar-refractivity contribution in [3.8, 4) is 0 Å². The SMILES string of the molecule is NCC(c1cc(Br)c(Br)o1)N1CCCC2CCCC21. The number of halogens is 2. The lowest BCUT2D eigenvalue weighted by Crippen LogP contribution is -2.46. The Hall–Kier alpha value is 0.160. The first kappa shape index (κ1) is 14.1. The van der Waals surface area contributed by atoms with Gasteiger partial charge in [-0.3, -0.25) is 4.90 Å². The van der Waals surface area contributed by atoms with E-state index in [9.17, 15) is 0 Å². The lowest BCUT2D eigenvalue weighted by atomic mass is 9.90. The van der Waals surface area contributed by atoms with Crippen LogP contribution in [0.4, 0.5) is 0 Å². The van der Waals surface area contributed by atoms with E-state index < -0.39 is 0 Å². The Balaban J connectivity index is 1.84. The number of rotatable bonds is 3. The monoisotopic (exact) mass is 390 g/mol. The lowest BCUT2D eigenvalue weighted by Gasteiger charge is -2.41. The number of piperidine rings is 1. The van der Waals surface area contributed by atoms with E-state index in [1.165, 1.54) is 32.1 Å². The molecule has 3 rings (SSSR count). The maximum absolute atomic E-state index is 6.05. The summed E-state index contributed by atoms with van der Waals surface area (Å²) in [5, 5.41) is 0. The van der Waals surface area contributed by atoms with E-state index in [0.717, 1.165) is 27.4 Å². The quantitative estimate of drug-likeness (QED) is 0.844. The van der Waals surface area contributed by atoms with Gasteiger partial charge in [0.25, 0.3) is 0 Å². The summed E-state index contributed by atoms with van der Waals surface area (Å²) in [4.78, 5) is 2.60. The summed E-state index contributed by atoms with van der Waals surface area (Å²) in [6.07, 6.45) is 6.77. The fourth-order valence-electron chi connectivity index (χ4n) is 3.82. The van der Waals surface area contributed by atoms with Crippen LogP contribution in [-0.4, -0.2) is 24.0 Å². The molecule has 0 spiro atoms. The van der Waals surface area contributed by atoms with Gasteiger partial charge in [-0.05, 0) is 76.1 Å². The van der Waals surface area contributed by atoms with Crippen LogP contribution in [0, 0.1) is 5.92 Å². The van der Waals surface area contributed by atoms with Gasteiger partial charge in [-0.25, -0.2) is 0 Å². The Kier molecular flexibility index (Phi) is 4.37. The molecule has 0 aromatic carbocycles. The Morgan fingerprint density at radius 2 is 2.11 bits per heavy atom. The Bertz CT molecular complexity index is 429. The highest BCUT2D eigenvalue weighted by Crippen LogP contribution is 2.41. The molecule has 19 heavy (non-hydrogen) atoms. The highest BCUT2D eigenvalue weighted by Gasteiger charge is 2.39. The normalized spacial score (nSPS) is 29.4. The molecule has 0 bridgehead atoms. The zero-order valence-electron chi connectivity index (χ0n) is 10.9. The van der Waals surface area contributed by atoms with E-state index in [1.54, 1.807) is 0 Å². The minimum atomic E-state index is 0.216. The summed E-state index contributed by atoms with van der Waals surface area (Å²) in [6.45, 7) is 1.77. The molecule has 2 heterocycles. The summed E-state index contributed by atoms with van der Waals surface area (Å²) in [5.41, 5.74) is 6.05. The summed E-state index contributed by atoms with van der Waals surface area (Å²) < 4.78 is 7.55. The molecule has 0 radical (unpaired) electrons. The Morgan fingerprint density at radius 1 is 1.32 bits per heavy atom. The van der Waals surface area contributed by atoms with Gasteiger partial charge in [0.05, 0.1) is 10.5 Å². The molecule has 1 aliphatic heterocycles.